The maximum Gasteiger partial charge on any atom is 0.264 e. The van der Waals surface area contributed by atoms with Crippen molar-refractivity contribution >= 4 is 6.21 Å². The summed E-state index contributed by atoms with van der Waals surface area (Å²) in [6.45, 7) is 10.0. The van der Waals surface area contributed by atoms with Crippen LogP contribution in [0.2, 0.25) is 0 Å². The fourth-order valence-corrected chi connectivity index (χ4v) is 3.27. The lowest BCUT2D eigenvalue weighted by atomic mass is 9.81. The second kappa shape index (κ2) is 10.2. The van der Waals surface area contributed by atoms with Crippen molar-refractivity contribution in [2.24, 2.45) is 13.0 Å². The van der Waals surface area contributed by atoms with E-state index in [9.17, 15) is 8.78 Å². The highest BCUT2D eigenvalue weighted by molar-refractivity contribution is 5.69. The number of alkyl halides is 2. The predicted molar refractivity (Wildman–Crippen MR) is 105 cm³/mol. The Morgan fingerprint density at radius 1 is 1.23 bits per heavy atom. The van der Waals surface area contributed by atoms with E-state index in [4.69, 9.17) is 5.41 Å². The molecule has 2 atom stereocenters. The molecule has 0 fully saturated rings. The first-order valence-electron chi connectivity index (χ1n) is 9.31. The van der Waals surface area contributed by atoms with Gasteiger partial charge in [-0.25, -0.2) is 8.78 Å². The molecule has 0 aliphatic rings. The van der Waals surface area contributed by atoms with Gasteiger partial charge in [0.25, 0.3) is 6.43 Å². The van der Waals surface area contributed by atoms with Crippen molar-refractivity contribution in [2.75, 3.05) is 0 Å². The van der Waals surface area contributed by atoms with Gasteiger partial charge in [0, 0.05) is 30.3 Å². The zero-order chi connectivity index (χ0) is 19.9. The van der Waals surface area contributed by atoms with Crippen LogP contribution in [0.3, 0.4) is 0 Å². The summed E-state index contributed by atoms with van der Waals surface area (Å²) < 4.78 is 28.9. The number of hydrogen-bond acceptors (Lipinski definition) is 2. The molecule has 0 radical (unpaired) electrons. The minimum absolute atomic E-state index is 0.0377. The van der Waals surface area contributed by atoms with E-state index in [1.165, 1.54) is 6.21 Å². The molecule has 3 nitrogen and oxygen atoms in total. The molecule has 1 aromatic heterocycles. The highest BCUT2D eigenvalue weighted by Crippen LogP contribution is 2.37. The maximum absolute atomic E-state index is 13.7. The van der Waals surface area contributed by atoms with Gasteiger partial charge in [-0.15, -0.1) is 0 Å². The summed E-state index contributed by atoms with van der Waals surface area (Å²) in [7, 11) is 1.77. The van der Waals surface area contributed by atoms with Gasteiger partial charge in [0.15, 0.2) is 0 Å². The molecule has 0 aliphatic heterocycles. The second-order valence-electron chi connectivity index (χ2n) is 6.41. The first-order valence-corrected chi connectivity index (χ1v) is 9.31. The van der Waals surface area contributed by atoms with E-state index in [0.29, 0.717) is 11.1 Å². The number of nitrogens with one attached hydrogen (secondary N) is 1. The zero-order valence-corrected chi connectivity index (χ0v) is 16.7. The number of nitrogens with zero attached hydrogens (tertiary/aromatic N) is 2. The molecule has 0 aliphatic carbocycles. The lowest BCUT2D eigenvalue weighted by Gasteiger charge is -2.23. The summed E-state index contributed by atoms with van der Waals surface area (Å²) in [6, 6.07) is 3.45. The van der Waals surface area contributed by atoms with Crippen LogP contribution in [-0.2, 0) is 7.05 Å². The molecule has 1 heterocycles. The normalized spacial score (nSPS) is 13.1. The van der Waals surface area contributed by atoms with Gasteiger partial charge >= 0.3 is 0 Å². The van der Waals surface area contributed by atoms with Crippen molar-refractivity contribution in [3.63, 3.8) is 0 Å². The third-order valence-corrected chi connectivity index (χ3v) is 4.66. The third kappa shape index (κ3) is 4.99. The van der Waals surface area contributed by atoms with Crippen molar-refractivity contribution in [3.8, 4) is 11.1 Å². The van der Waals surface area contributed by atoms with Gasteiger partial charge < -0.3 is 5.41 Å². The van der Waals surface area contributed by atoms with Crippen LogP contribution in [0.4, 0.5) is 8.78 Å². The summed E-state index contributed by atoms with van der Waals surface area (Å²) in [5.41, 5.74) is 3.16. The largest absolute Gasteiger partial charge is 0.313 e. The topological polar surface area (TPSA) is 41.7 Å². The lowest BCUT2D eigenvalue weighted by Crippen LogP contribution is -2.13. The molecule has 1 N–H and O–H groups in total. The Morgan fingerprint density at radius 3 is 2.35 bits per heavy atom. The van der Waals surface area contributed by atoms with E-state index in [1.54, 1.807) is 30.2 Å². The van der Waals surface area contributed by atoms with Gasteiger partial charge in [0.05, 0.1) is 6.20 Å². The monoisotopic (exact) mass is 363 g/mol. The van der Waals surface area contributed by atoms with Crippen LogP contribution in [0, 0.1) is 18.3 Å². The van der Waals surface area contributed by atoms with Crippen LogP contribution < -0.4 is 0 Å². The molecule has 0 saturated carbocycles. The molecule has 144 valence electrons. The standard InChI is InChI=1S/C19H25F2N3.C2H6/c1-5-6-14(9-22)13(3)16-8-18(19(20)21)17(7-12(16)2)15-10-23-24(4)11-15;1-2/h7-11,13-14,19,22H,5-6H2,1-4H3;1-2H3. The number of rotatable bonds is 7. The van der Waals surface area contributed by atoms with Crippen LogP contribution in [0.15, 0.2) is 24.5 Å². The number of benzene rings is 1. The van der Waals surface area contributed by atoms with Crippen LogP contribution in [0.1, 0.15) is 69.6 Å². The Kier molecular flexibility index (Phi) is 8.62. The van der Waals surface area contributed by atoms with Gasteiger partial charge in [-0.1, -0.05) is 40.2 Å². The Morgan fingerprint density at radius 2 is 1.88 bits per heavy atom. The number of aryl methyl sites for hydroxylation is 2. The van der Waals surface area contributed by atoms with Gasteiger partial charge in [-0.05, 0) is 48.2 Å². The molecule has 1 aromatic carbocycles. The molecular formula is C21H31F2N3. The van der Waals surface area contributed by atoms with Gasteiger partial charge in [0.2, 0.25) is 0 Å². The lowest BCUT2D eigenvalue weighted by molar-refractivity contribution is 0.152. The van der Waals surface area contributed by atoms with E-state index in [-0.39, 0.29) is 17.4 Å². The first kappa shape index (κ1) is 22.0. The molecule has 26 heavy (non-hydrogen) atoms. The molecule has 5 heteroatoms. The number of hydrogen-bond donors (Lipinski definition) is 1. The minimum atomic E-state index is -2.55. The molecule has 0 saturated heterocycles. The van der Waals surface area contributed by atoms with E-state index in [2.05, 4.69) is 12.0 Å². The van der Waals surface area contributed by atoms with Crippen molar-refractivity contribution < 1.29 is 8.78 Å². The van der Waals surface area contributed by atoms with Crippen LogP contribution in [0.25, 0.3) is 11.1 Å². The molecule has 0 spiro atoms. The van der Waals surface area contributed by atoms with Crippen LogP contribution in [0.5, 0.6) is 0 Å². The second-order valence-corrected chi connectivity index (χ2v) is 6.41. The summed E-state index contributed by atoms with van der Waals surface area (Å²) in [5.74, 6) is 0.117. The van der Waals surface area contributed by atoms with E-state index in [1.807, 2.05) is 33.8 Å². The van der Waals surface area contributed by atoms with Crippen molar-refractivity contribution in [1.82, 2.24) is 9.78 Å². The van der Waals surface area contributed by atoms with Gasteiger partial charge in [-0.3, -0.25) is 4.68 Å². The first-order chi connectivity index (χ1) is 12.4. The fraction of sp³-hybridized carbons (Fsp3) is 0.524. The quantitative estimate of drug-likeness (QED) is 0.558. The Bertz CT molecular complexity index is 707. The van der Waals surface area contributed by atoms with Gasteiger partial charge in [-0.2, -0.15) is 5.10 Å². The molecule has 0 bridgehead atoms. The average molecular weight is 363 g/mol. The molecular weight excluding hydrogens is 332 g/mol. The molecule has 2 unspecified atom stereocenters. The highest BCUT2D eigenvalue weighted by Gasteiger charge is 2.23. The number of halogens is 2. The van der Waals surface area contributed by atoms with Crippen molar-refractivity contribution in [1.29, 1.82) is 5.41 Å². The summed E-state index contributed by atoms with van der Waals surface area (Å²) in [4.78, 5) is 0. The zero-order valence-electron chi connectivity index (χ0n) is 16.7. The minimum Gasteiger partial charge on any atom is -0.313 e. The van der Waals surface area contributed by atoms with Crippen molar-refractivity contribution in [3.05, 3.63) is 41.2 Å². The predicted octanol–water partition coefficient (Wildman–Crippen LogP) is 6.53. The summed E-state index contributed by atoms with van der Waals surface area (Å²) >= 11 is 0. The van der Waals surface area contributed by atoms with E-state index >= 15 is 0 Å². The molecule has 0 amide bonds. The summed E-state index contributed by atoms with van der Waals surface area (Å²) in [6.07, 6.45) is 4.13. The molecule has 2 aromatic rings. The third-order valence-electron chi connectivity index (χ3n) is 4.66. The Balaban J connectivity index is 0.00000163. The van der Waals surface area contributed by atoms with E-state index < -0.39 is 6.43 Å². The summed E-state index contributed by atoms with van der Waals surface area (Å²) in [5, 5.41) is 11.7. The van der Waals surface area contributed by atoms with Crippen LogP contribution in [-0.4, -0.2) is 16.0 Å². The SMILES string of the molecule is CC.CCCC(C=N)C(C)c1cc(C(F)F)c(-c2cnn(C)c2)cc1C. The molecule has 2 rings (SSSR count). The van der Waals surface area contributed by atoms with Crippen LogP contribution >= 0.6 is 0 Å². The smallest absolute Gasteiger partial charge is 0.264 e. The Labute approximate surface area is 155 Å². The highest BCUT2D eigenvalue weighted by atomic mass is 19.3. The Hall–Kier alpha value is -2.04. The number of aromatic nitrogens is 2. The van der Waals surface area contributed by atoms with E-state index in [0.717, 1.165) is 24.0 Å². The maximum atomic E-state index is 13.7. The fourth-order valence-electron chi connectivity index (χ4n) is 3.27. The average Bonchev–Trinajstić information content (AvgIpc) is 3.06. The van der Waals surface area contributed by atoms with Gasteiger partial charge in [0.1, 0.15) is 0 Å². The van der Waals surface area contributed by atoms with Crippen molar-refractivity contribution in [2.45, 2.75) is 59.8 Å².